The van der Waals surface area contributed by atoms with Crippen molar-refractivity contribution in [3.05, 3.63) is 88.8 Å². The van der Waals surface area contributed by atoms with Crippen LogP contribution in [0.2, 0.25) is 0 Å². The Bertz CT molecular complexity index is 1610. The summed E-state index contributed by atoms with van der Waals surface area (Å²) < 4.78 is 49.4. The highest BCUT2D eigenvalue weighted by molar-refractivity contribution is 7.09. The maximum absolute atomic E-state index is 13.7. The number of rotatable bonds is 5. The molecule has 1 aliphatic rings. The third-order valence-corrected chi connectivity index (χ3v) is 7.74. The maximum atomic E-state index is 13.7. The number of aryl methyl sites for hydroxylation is 1. The first-order valence-corrected chi connectivity index (χ1v) is 12.3. The van der Waals surface area contributed by atoms with E-state index in [1.54, 1.807) is 12.5 Å². The maximum Gasteiger partial charge on any atom is 0.418 e. The first-order valence-electron chi connectivity index (χ1n) is 11.5. The third kappa shape index (κ3) is 3.74. The number of halogens is 3. The summed E-state index contributed by atoms with van der Waals surface area (Å²) in [6.07, 6.45) is 4.62. The lowest BCUT2D eigenvalue weighted by Crippen LogP contribution is -2.24. The van der Waals surface area contributed by atoms with Crippen molar-refractivity contribution >= 4 is 17.0 Å². The number of imidazole rings is 1. The Morgan fingerprint density at radius 2 is 2.00 bits per heavy atom. The van der Waals surface area contributed by atoms with Crippen molar-refractivity contribution in [1.29, 1.82) is 0 Å². The second kappa shape index (κ2) is 8.44. The lowest BCUT2D eigenvalue weighted by Gasteiger charge is -2.33. The van der Waals surface area contributed by atoms with Crippen molar-refractivity contribution in [3.8, 4) is 16.1 Å². The van der Waals surface area contributed by atoms with Crippen molar-refractivity contribution in [1.82, 2.24) is 28.1 Å². The average molecular weight is 511 g/mol. The number of alkyl halides is 3. The van der Waals surface area contributed by atoms with Crippen LogP contribution in [0.25, 0.3) is 21.6 Å². The predicted octanol–water partition coefficient (Wildman–Crippen LogP) is 5.29. The first-order chi connectivity index (χ1) is 17.3. The van der Waals surface area contributed by atoms with Gasteiger partial charge < -0.3 is 4.57 Å². The molecule has 11 heteroatoms. The Hall–Kier alpha value is -3.73. The zero-order valence-electron chi connectivity index (χ0n) is 19.2. The van der Waals surface area contributed by atoms with Crippen LogP contribution in [0.1, 0.15) is 42.1 Å². The van der Waals surface area contributed by atoms with Crippen molar-refractivity contribution in [3.63, 3.8) is 0 Å². The molecular formula is C25H21F3N6OS. The van der Waals surface area contributed by atoms with E-state index in [0.29, 0.717) is 11.6 Å². The summed E-state index contributed by atoms with van der Waals surface area (Å²) in [7, 11) is 1.90. The normalized spacial score (nSPS) is 15.3. The second-order valence-electron chi connectivity index (χ2n) is 9.12. The highest BCUT2D eigenvalue weighted by Crippen LogP contribution is 2.44. The highest BCUT2D eigenvalue weighted by atomic mass is 32.1. The van der Waals surface area contributed by atoms with Crippen molar-refractivity contribution in [2.75, 3.05) is 0 Å². The van der Waals surface area contributed by atoms with Gasteiger partial charge >= 0.3 is 11.9 Å². The van der Waals surface area contributed by atoms with E-state index in [4.69, 9.17) is 0 Å². The van der Waals surface area contributed by atoms with Crippen LogP contribution in [0, 0.1) is 5.92 Å². The molecule has 36 heavy (non-hydrogen) atoms. The van der Waals surface area contributed by atoms with Gasteiger partial charge in [0, 0.05) is 31.6 Å². The smallest absolute Gasteiger partial charge is 0.320 e. The molecule has 0 bridgehead atoms. The molecule has 6 rings (SSSR count). The van der Waals surface area contributed by atoms with Crippen LogP contribution in [-0.2, 0) is 13.2 Å². The average Bonchev–Trinajstić information content (AvgIpc) is 3.56. The van der Waals surface area contributed by atoms with Crippen molar-refractivity contribution < 1.29 is 13.2 Å². The molecule has 0 radical (unpaired) electrons. The molecule has 1 aliphatic carbocycles. The minimum absolute atomic E-state index is 0.0589. The number of pyridine rings is 1. The van der Waals surface area contributed by atoms with Crippen LogP contribution in [0.3, 0.4) is 0 Å². The molecule has 0 unspecified atom stereocenters. The summed E-state index contributed by atoms with van der Waals surface area (Å²) >= 11 is 1.32. The van der Waals surface area contributed by atoms with E-state index in [0.717, 1.165) is 51.6 Å². The second-order valence-corrected chi connectivity index (χ2v) is 9.95. The fraction of sp³-hybridized carbons (Fsp3) is 0.280. The molecule has 0 amide bonds. The minimum atomic E-state index is -4.58. The minimum Gasteiger partial charge on any atom is -0.320 e. The first kappa shape index (κ1) is 22.7. The predicted molar refractivity (Wildman–Crippen MR) is 129 cm³/mol. The van der Waals surface area contributed by atoms with Gasteiger partial charge in [0.15, 0.2) is 0 Å². The lowest BCUT2D eigenvalue weighted by molar-refractivity contribution is -0.136. The Morgan fingerprint density at radius 1 is 1.17 bits per heavy atom. The molecule has 5 aromatic rings. The van der Waals surface area contributed by atoms with Gasteiger partial charge in [-0.1, -0.05) is 6.42 Å². The fourth-order valence-electron chi connectivity index (χ4n) is 4.98. The van der Waals surface area contributed by atoms with E-state index in [1.807, 2.05) is 29.8 Å². The molecule has 1 fully saturated rings. The molecule has 4 heterocycles. The molecule has 184 valence electrons. The van der Waals surface area contributed by atoms with Gasteiger partial charge in [-0.2, -0.15) is 13.2 Å². The summed E-state index contributed by atoms with van der Waals surface area (Å²) in [5.74, 6) is 1.12. The zero-order chi connectivity index (χ0) is 25.0. The Kier molecular flexibility index (Phi) is 5.32. The molecule has 0 aliphatic heterocycles. The topological polar surface area (TPSA) is 70.0 Å². The van der Waals surface area contributed by atoms with Gasteiger partial charge in [-0.15, -0.1) is 10.2 Å². The standard InChI is InChI=1S/C25H21F3N6OS/c1-32-14-29-31-23(32)22(15-4-2-5-15)17-10-16(21-7-8-30-36-21)11-18(12-17)34-13-20-19(25(26,27)28)6-3-9-33(20)24(34)35/h3,6-15,22H,2,4-5H2,1H3/t22-/m1/s1. The highest BCUT2D eigenvalue weighted by Gasteiger charge is 2.35. The molecule has 1 aromatic carbocycles. The number of hydrogen-bond donors (Lipinski definition) is 0. The molecule has 4 aromatic heterocycles. The number of hydrogen-bond acceptors (Lipinski definition) is 5. The van der Waals surface area contributed by atoms with Crippen LogP contribution < -0.4 is 5.69 Å². The third-order valence-electron chi connectivity index (χ3n) is 6.95. The number of nitrogens with zero attached hydrogens (tertiary/aromatic N) is 6. The van der Waals surface area contributed by atoms with Gasteiger partial charge in [-0.25, -0.2) is 9.17 Å². The summed E-state index contributed by atoms with van der Waals surface area (Å²) in [4.78, 5) is 14.2. The number of fused-ring (bicyclic) bond motifs is 1. The molecule has 1 atom stereocenters. The van der Waals surface area contributed by atoms with E-state index in [2.05, 4.69) is 20.6 Å². The Balaban J connectivity index is 1.59. The van der Waals surface area contributed by atoms with E-state index >= 15 is 0 Å². The molecule has 7 nitrogen and oxygen atoms in total. The van der Waals surface area contributed by atoms with Crippen molar-refractivity contribution in [2.24, 2.45) is 13.0 Å². The fourth-order valence-corrected chi connectivity index (χ4v) is 5.56. The summed E-state index contributed by atoms with van der Waals surface area (Å²) in [5.41, 5.74) is 0.658. The molecule has 0 N–H and O–H groups in total. The van der Waals surface area contributed by atoms with E-state index in [9.17, 15) is 18.0 Å². The summed E-state index contributed by atoms with van der Waals surface area (Å²) in [6, 6.07) is 9.88. The van der Waals surface area contributed by atoms with Crippen LogP contribution in [0.5, 0.6) is 0 Å². The van der Waals surface area contributed by atoms with Crippen molar-refractivity contribution in [2.45, 2.75) is 31.4 Å². The zero-order valence-corrected chi connectivity index (χ0v) is 20.0. The SMILES string of the molecule is Cn1cnnc1[C@@H](c1cc(-c2ccns2)cc(-n2cc3c(C(F)(F)F)cccn3c2=O)c1)C1CCC1. The Labute approximate surface area is 207 Å². The quantitative estimate of drug-likeness (QED) is 0.322. The molecular weight excluding hydrogens is 489 g/mol. The number of aromatic nitrogens is 6. The molecule has 0 saturated heterocycles. The number of benzene rings is 1. The van der Waals surface area contributed by atoms with Crippen LogP contribution in [0.4, 0.5) is 13.2 Å². The molecule has 0 spiro atoms. The van der Waals surface area contributed by atoms with Gasteiger partial charge in [0.2, 0.25) is 0 Å². The molecule has 1 saturated carbocycles. The van der Waals surface area contributed by atoms with Gasteiger partial charge in [0.05, 0.1) is 21.6 Å². The Morgan fingerprint density at radius 3 is 2.64 bits per heavy atom. The van der Waals surface area contributed by atoms with Crippen LogP contribution >= 0.6 is 11.5 Å². The van der Waals surface area contributed by atoms with Gasteiger partial charge in [0.1, 0.15) is 12.2 Å². The van der Waals surface area contributed by atoms with E-state index in [1.165, 1.54) is 34.6 Å². The van der Waals surface area contributed by atoms with E-state index < -0.39 is 17.4 Å². The van der Waals surface area contributed by atoms with Crippen LogP contribution in [-0.4, -0.2) is 28.1 Å². The van der Waals surface area contributed by atoms with Gasteiger partial charge in [0.25, 0.3) is 0 Å². The van der Waals surface area contributed by atoms with E-state index in [-0.39, 0.29) is 11.4 Å². The summed E-state index contributed by atoms with van der Waals surface area (Å²) in [6.45, 7) is 0. The van der Waals surface area contributed by atoms with Gasteiger partial charge in [-0.05, 0) is 77.8 Å². The van der Waals surface area contributed by atoms with Crippen LogP contribution in [0.15, 0.2) is 66.1 Å². The summed E-state index contributed by atoms with van der Waals surface area (Å²) in [5, 5.41) is 8.46. The largest absolute Gasteiger partial charge is 0.418 e. The monoisotopic (exact) mass is 510 g/mol. The lowest BCUT2D eigenvalue weighted by atomic mass is 9.72. The van der Waals surface area contributed by atoms with Gasteiger partial charge in [-0.3, -0.25) is 8.97 Å².